The number of tetrazole rings is 1. The Hall–Kier alpha value is -2.70. The average molecular weight is 383 g/mol. The van der Waals surface area contributed by atoms with E-state index in [1.807, 2.05) is 38.1 Å². The van der Waals surface area contributed by atoms with Gasteiger partial charge in [0, 0.05) is 5.70 Å². The molecule has 0 fully saturated rings. The summed E-state index contributed by atoms with van der Waals surface area (Å²) in [4.78, 5) is 12.9. The van der Waals surface area contributed by atoms with Gasteiger partial charge in [-0.1, -0.05) is 74.0 Å². The van der Waals surface area contributed by atoms with Gasteiger partial charge in [0.2, 0.25) is 5.95 Å². The fourth-order valence-electron chi connectivity index (χ4n) is 3.46. The number of nitrogens with zero attached hydrogens (tertiary/aromatic N) is 4. The van der Waals surface area contributed by atoms with E-state index in [2.05, 4.69) is 27.8 Å². The lowest BCUT2D eigenvalue weighted by atomic mass is 9.95. The van der Waals surface area contributed by atoms with Gasteiger partial charge in [0.05, 0.1) is 12.2 Å². The monoisotopic (exact) mass is 383 g/mol. The Labute approximate surface area is 166 Å². The normalized spacial score (nSPS) is 15.9. The van der Waals surface area contributed by atoms with Crippen molar-refractivity contribution in [1.29, 1.82) is 0 Å². The molecule has 1 N–H and O–H groups in total. The fraction of sp³-hybridized carbons (Fsp3) is 0.524. The minimum Gasteiger partial charge on any atom is -0.462 e. The molecule has 7 heteroatoms. The van der Waals surface area contributed by atoms with Crippen LogP contribution in [0, 0.1) is 6.92 Å². The maximum Gasteiger partial charge on any atom is 0.338 e. The van der Waals surface area contributed by atoms with Crippen LogP contribution in [0.1, 0.15) is 69.5 Å². The van der Waals surface area contributed by atoms with Gasteiger partial charge in [0.15, 0.2) is 0 Å². The molecule has 0 bridgehead atoms. The van der Waals surface area contributed by atoms with Crippen molar-refractivity contribution in [3.63, 3.8) is 0 Å². The molecule has 2 aromatic rings. The summed E-state index contributed by atoms with van der Waals surface area (Å²) in [5.74, 6) is 0.209. The van der Waals surface area contributed by atoms with E-state index in [4.69, 9.17) is 4.74 Å². The molecular formula is C21H29N5O2. The predicted octanol–water partition coefficient (Wildman–Crippen LogP) is 4.17. The van der Waals surface area contributed by atoms with E-state index in [0.717, 1.165) is 29.7 Å². The van der Waals surface area contributed by atoms with Crippen LogP contribution in [0.25, 0.3) is 0 Å². The van der Waals surface area contributed by atoms with Crippen molar-refractivity contribution in [1.82, 2.24) is 20.2 Å². The minimum atomic E-state index is -0.399. The van der Waals surface area contributed by atoms with Crippen LogP contribution in [0.15, 0.2) is 35.5 Å². The Balaban J connectivity index is 1.72. The van der Waals surface area contributed by atoms with Crippen LogP contribution in [-0.4, -0.2) is 32.8 Å². The molecule has 0 radical (unpaired) electrons. The third kappa shape index (κ3) is 4.58. The summed E-state index contributed by atoms with van der Waals surface area (Å²) in [5.41, 5.74) is 3.38. The summed E-state index contributed by atoms with van der Waals surface area (Å²) in [7, 11) is 0. The zero-order valence-electron chi connectivity index (χ0n) is 16.9. The van der Waals surface area contributed by atoms with E-state index in [-0.39, 0.29) is 5.97 Å². The number of hydrogen-bond acceptors (Lipinski definition) is 6. The second-order valence-electron chi connectivity index (χ2n) is 7.33. The Bertz CT molecular complexity index is 826. The van der Waals surface area contributed by atoms with Crippen molar-refractivity contribution in [3.8, 4) is 0 Å². The van der Waals surface area contributed by atoms with Crippen molar-refractivity contribution in [2.75, 3.05) is 11.9 Å². The van der Waals surface area contributed by atoms with Gasteiger partial charge in [-0.25, -0.2) is 4.79 Å². The number of fused-ring (bicyclic) bond motifs is 1. The fourth-order valence-corrected chi connectivity index (χ4v) is 3.46. The van der Waals surface area contributed by atoms with Crippen molar-refractivity contribution < 1.29 is 9.53 Å². The number of anilines is 1. The van der Waals surface area contributed by atoms with Gasteiger partial charge < -0.3 is 10.1 Å². The highest BCUT2D eigenvalue weighted by Crippen LogP contribution is 2.34. The summed E-state index contributed by atoms with van der Waals surface area (Å²) in [6.07, 6.45) is 6.91. The van der Waals surface area contributed by atoms with E-state index in [1.54, 1.807) is 4.68 Å². The van der Waals surface area contributed by atoms with E-state index >= 15 is 0 Å². The molecule has 28 heavy (non-hydrogen) atoms. The Morgan fingerprint density at radius 2 is 1.82 bits per heavy atom. The molecule has 1 atom stereocenters. The van der Waals surface area contributed by atoms with Crippen molar-refractivity contribution in [2.45, 2.75) is 65.3 Å². The molecule has 1 aliphatic rings. The van der Waals surface area contributed by atoms with E-state index in [0.29, 0.717) is 18.1 Å². The molecule has 1 aliphatic heterocycles. The molecule has 0 unspecified atom stereocenters. The largest absolute Gasteiger partial charge is 0.462 e. The molecule has 0 saturated heterocycles. The van der Waals surface area contributed by atoms with Gasteiger partial charge in [-0.15, -0.1) is 0 Å². The van der Waals surface area contributed by atoms with Gasteiger partial charge in [0.1, 0.15) is 6.04 Å². The molecule has 1 aromatic carbocycles. The first-order chi connectivity index (χ1) is 13.6. The van der Waals surface area contributed by atoms with Crippen LogP contribution < -0.4 is 5.32 Å². The number of aromatic nitrogens is 4. The molecule has 0 spiro atoms. The Morgan fingerprint density at radius 1 is 1.11 bits per heavy atom. The first-order valence-corrected chi connectivity index (χ1v) is 10.1. The smallest absolute Gasteiger partial charge is 0.338 e. The first-order valence-electron chi connectivity index (χ1n) is 10.1. The summed E-state index contributed by atoms with van der Waals surface area (Å²) in [5, 5.41) is 15.0. The third-order valence-corrected chi connectivity index (χ3v) is 5.06. The molecule has 0 amide bonds. The summed E-state index contributed by atoms with van der Waals surface area (Å²) in [6, 6.07) is 7.66. The molecule has 2 heterocycles. The number of hydrogen-bond donors (Lipinski definition) is 1. The van der Waals surface area contributed by atoms with Crippen LogP contribution >= 0.6 is 0 Å². The van der Waals surface area contributed by atoms with E-state index < -0.39 is 6.04 Å². The zero-order valence-corrected chi connectivity index (χ0v) is 16.9. The van der Waals surface area contributed by atoms with Gasteiger partial charge >= 0.3 is 5.97 Å². The van der Waals surface area contributed by atoms with E-state index in [1.165, 1.54) is 25.7 Å². The molecule has 7 nitrogen and oxygen atoms in total. The number of nitrogens with one attached hydrogen (secondary N) is 1. The lowest BCUT2D eigenvalue weighted by Crippen LogP contribution is -2.29. The van der Waals surface area contributed by atoms with Crippen LogP contribution in [-0.2, 0) is 9.53 Å². The number of rotatable bonds is 9. The van der Waals surface area contributed by atoms with Crippen molar-refractivity contribution in [2.24, 2.45) is 0 Å². The summed E-state index contributed by atoms with van der Waals surface area (Å²) in [6.45, 7) is 6.54. The number of carbonyl (C=O) groups excluding carboxylic acids is 1. The van der Waals surface area contributed by atoms with E-state index in [9.17, 15) is 4.79 Å². The highest BCUT2D eigenvalue weighted by Gasteiger charge is 2.34. The number of carbonyl (C=O) groups is 1. The standard InChI is InChI=1S/C21H29N5O2/c1-4-5-6-7-8-9-14-28-20(27)18-16(3)22-21-23-24-25-26(21)19(18)17-12-10-15(2)11-13-17/h10-13,19H,4-9,14H2,1-3H3,(H,22,23,25)/t19-/m0/s1. The second-order valence-corrected chi connectivity index (χ2v) is 7.33. The zero-order chi connectivity index (χ0) is 19.9. The second kappa shape index (κ2) is 9.48. The maximum atomic E-state index is 12.9. The molecule has 3 rings (SSSR count). The quantitative estimate of drug-likeness (QED) is 0.517. The van der Waals surface area contributed by atoms with Gasteiger partial charge in [0.25, 0.3) is 0 Å². The van der Waals surface area contributed by atoms with Crippen LogP contribution in [0.4, 0.5) is 5.95 Å². The molecule has 150 valence electrons. The number of aryl methyl sites for hydroxylation is 1. The van der Waals surface area contributed by atoms with Gasteiger partial charge in [-0.2, -0.15) is 4.68 Å². The maximum absolute atomic E-state index is 12.9. The third-order valence-electron chi connectivity index (χ3n) is 5.06. The summed E-state index contributed by atoms with van der Waals surface area (Å²) < 4.78 is 7.24. The average Bonchev–Trinajstić information content (AvgIpc) is 3.14. The van der Waals surface area contributed by atoms with Gasteiger partial charge in [-0.3, -0.25) is 0 Å². The topological polar surface area (TPSA) is 81.9 Å². The highest BCUT2D eigenvalue weighted by atomic mass is 16.5. The highest BCUT2D eigenvalue weighted by molar-refractivity contribution is 5.92. The number of unbranched alkanes of at least 4 members (excludes halogenated alkanes) is 5. The lowest BCUT2D eigenvalue weighted by Gasteiger charge is -2.27. The SMILES string of the molecule is CCCCCCCCOC(=O)C1=C(C)Nc2nnnn2[C@H]1c1ccc(C)cc1. The number of benzene rings is 1. The summed E-state index contributed by atoms with van der Waals surface area (Å²) >= 11 is 0. The van der Waals surface area contributed by atoms with Crippen LogP contribution in [0.3, 0.4) is 0 Å². The molecule has 0 aliphatic carbocycles. The Kier molecular flexibility index (Phi) is 6.79. The Morgan fingerprint density at radius 3 is 2.57 bits per heavy atom. The number of allylic oxidation sites excluding steroid dienone is 1. The van der Waals surface area contributed by atoms with Crippen molar-refractivity contribution in [3.05, 3.63) is 46.7 Å². The van der Waals surface area contributed by atoms with Crippen molar-refractivity contribution >= 4 is 11.9 Å². The minimum absolute atomic E-state index is 0.315. The lowest BCUT2D eigenvalue weighted by molar-refractivity contribution is -0.139. The van der Waals surface area contributed by atoms with Gasteiger partial charge in [-0.05, 0) is 36.3 Å². The van der Waals surface area contributed by atoms with Crippen LogP contribution in [0.2, 0.25) is 0 Å². The first kappa shape index (κ1) is 20.0. The molecule has 1 aromatic heterocycles. The number of esters is 1. The number of ether oxygens (including phenoxy) is 1. The molecule has 0 saturated carbocycles. The van der Waals surface area contributed by atoms with Crippen LogP contribution in [0.5, 0.6) is 0 Å². The molecular weight excluding hydrogens is 354 g/mol. The predicted molar refractivity (Wildman–Crippen MR) is 108 cm³/mol.